The van der Waals surface area contributed by atoms with Gasteiger partial charge in [-0.3, -0.25) is 9.88 Å². The predicted octanol–water partition coefficient (Wildman–Crippen LogP) is 4.93. The molecule has 0 N–H and O–H groups in total. The van der Waals surface area contributed by atoms with Crippen LogP contribution in [0.5, 0.6) is 0 Å². The highest BCUT2D eigenvalue weighted by Gasteiger charge is 2.23. The summed E-state index contributed by atoms with van der Waals surface area (Å²) in [4.78, 5) is 35.2. The first-order valence-electron chi connectivity index (χ1n) is 9.76. The zero-order valence-electron chi connectivity index (χ0n) is 18.0. The molecule has 2 heterocycles. The maximum absolute atomic E-state index is 12.8. The van der Waals surface area contributed by atoms with E-state index in [1.807, 2.05) is 63.2 Å². The van der Waals surface area contributed by atoms with Crippen molar-refractivity contribution in [2.75, 3.05) is 7.11 Å². The molecular weight excluding hydrogens is 414 g/mol. The second-order valence-electron chi connectivity index (χ2n) is 7.89. The van der Waals surface area contributed by atoms with Crippen molar-refractivity contribution < 1.29 is 19.1 Å². The van der Waals surface area contributed by atoms with Gasteiger partial charge in [0.25, 0.3) is 0 Å². The van der Waals surface area contributed by atoms with Gasteiger partial charge in [-0.25, -0.2) is 14.6 Å². The van der Waals surface area contributed by atoms with E-state index in [1.54, 1.807) is 11.1 Å². The van der Waals surface area contributed by atoms with Crippen molar-refractivity contribution in [1.82, 2.24) is 14.9 Å². The van der Waals surface area contributed by atoms with E-state index in [0.717, 1.165) is 11.1 Å². The van der Waals surface area contributed by atoms with Gasteiger partial charge in [0.2, 0.25) is 0 Å². The summed E-state index contributed by atoms with van der Waals surface area (Å²) in [5, 5.41) is 0.625. The number of hydrogen-bond acceptors (Lipinski definition) is 7. The fourth-order valence-corrected chi connectivity index (χ4v) is 3.58. The third kappa shape index (κ3) is 6.36. The summed E-state index contributed by atoms with van der Waals surface area (Å²) in [6.45, 7) is 6.31. The highest BCUT2D eigenvalue weighted by Crippen LogP contribution is 2.24. The van der Waals surface area contributed by atoms with Crippen LogP contribution in [-0.4, -0.2) is 39.6 Å². The van der Waals surface area contributed by atoms with Crippen LogP contribution >= 0.6 is 11.3 Å². The molecule has 0 bridgehead atoms. The van der Waals surface area contributed by atoms with Gasteiger partial charge in [-0.15, -0.1) is 11.3 Å². The predicted molar refractivity (Wildman–Crippen MR) is 119 cm³/mol. The Morgan fingerprint density at radius 1 is 0.968 bits per heavy atom. The van der Waals surface area contributed by atoms with E-state index in [-0.39, 0.29) is 6.09 Å². The summed E-state index contributed by atoms with van der Waals surface area (Å²) in [6, 6.07) is 13.5. The summed E-state index contributed by atoms with van der Waals surface area (Å²) < 4.78 is 10.3. The average molecular weight is 440 g/mol. The van der Waals surface area contributed by atoms with E-state index in [9.17, 15) is 9.59 Å². The Bertz CT molecular complexity index is 1030. The van der Waals surface area contributed by atoms with Crippen molar-refractivity contribution in [3.8, 4) is 10.7 Å². The van der Waals surface area contributed by atoms with Crippen LogP contribution in [0.25, 0.3) is 10.7 Å². The molecule has 3 rings (SSSR count). The molecule has 8 heteroatoms. The minimum atomic E-state index is -0.587. The Kier molecular flexibility index (Phi) is 7.02. The molecule has 31 heavy (non-hydrogen) atoms. The van der Waals surface area contributed by atoms with Crippen LogP contribution in [0.2, 0.25) is 0 Å². The van der Waals surface area contributed by atoms with Gasteiger partial charge in [0.05, 0.1) is 25.5 Å². The van der Waals surface area contributed by atoms with Gasteiger partial charge in [-0.05, 0) is 38.0 Å². The molecule has 162 valence electrons. The third-order valence-electron chi connectivity index (χ3n) is 4.18. The Morgan fingerprint density at radius 2 is 1.68 bits per heavy atom. The summed E-state index contributed by atoms with van der Waals surface area (Å²) in [5.41, 5.74) is 1.93. The molecule has 0 unspecified atom stereocenters. The molecule has 1 amide bonds. The minimum Gasteiger partial charge on any atom is -0.465 e. The maximum Gasteiger partial charge on any atom is 0.410 e. The van der Waals surface area contributed by atoms with Crippen molar-refractivity contribution >= 4 is 23.4 Å². The summed E-state index contributed by atoms with van der Waals surface area (Å²) >= 11 is 1.22. The lowest BCUT2D eigenvalue weighted by atomic mass is 10.2. The second kappa shape index (κ2) is 9.70. The van der Waals surface area contributed by atoms with Gasteiger partial charge in [0, 0.05) is 12.7 Å². The number of aromatic nitrogens is 2. The van der Waals surface area contributed by atoms with Crippen LogP contribution in [0, 0.1) is 0 Å². The number of rotatable bonds is 6. The molecule has 0 atom stereocenters. The Hall–Kier alpha value is -3.26. The number of nitrogens with zero attached hydrogens (tertiary/aromatic N) is 3. The van der Waals surface area contributed by atoms with Gasteiger partial charge < -0.3 is 9.47 Å². The lowest BCUT2D eigenvalue weighted by Crippen LogP contribution is -2.36. The fraction of sp³-hybridized carbons (Fsp3) is 0.304. The molecule has 0 spiro atoms. The van der Waals surface area contributed by atoms with Gasteiger partial charge in [0.15, 0.2) is 0 Å². The zero-order chi connectivity index (χ0) is 22.4. The van der Waals surface area contributed by atoms with E-state index in [0.29, 0.717) is 28.7 Å². The lowest BCUT2D eigenvalue weighted by molar-refractivity contribution is 0.0216. The highest BCUT2D eigenvalue weighted by atomic mass is 32.1. The molecule has 0 aliphatic heterocycles. The van der Waals surface area contributed by atoms with Crippen molar-refractivity contribution in [2.24, 2.45) is 0 Å². The first-order valence-corrected chi connectivity index (χ1v) is 10.6. The standard InChI is InChI=1S/C23H25N3O4S/c1-23(2,3)30-22(28)26(14-16-8-6-5-7-9-16)15-17-10-11-18(24-12-17)20-25-13-19(31-20)21(27)29-4/h5-13H,14-15H2,1-4H3. The number of esters is 1. The van der Waals surface area contributed by atoms with E-state index in [2.05, 4.69) is 9.97 Å². The number of hydrogen-bond donors (Lipinski definition) is 0. The second-order valence-corrected chi connectivity index (χ2v) is 8.93. The van der Waals surface area contributed by atoms with Gasteiger partial charge in [-0.1, -0.05) is 36.4 Å². The summed E-state index contributed by atoms with van der Waals surface area (Å²) in [5.74, 6) is -0.422. The number of carbonyl (C=O) groups is 2. The topological polar surface area (TPSA) is 81.6 Å². The van der Waals surface area contributed by atoms with Crippen LogP contribution in [0.4, 0.5) is 4.79 Å². The minimum absolute atomic E-state index is 0.350. The smallest absolute Gasteiger partial charge is 0.410 e. The molecule has 0 aliphatic rings. The lowest BCUT2D eigenvalue weighted by Gasteiger charge is -2.27. The molecule has 7 nitrogen and oxygen atoms in total. The molecule has 0 radical (unpaired) electrons. The first kappa shape index (κ1) is 22.4. The van der Waals surface area contributed by atoms with Crippen molar-refractivity contribution in [3.05, 3.63) is 70.9 Å². The fourth-order valence-electron chi connectivity index (χ4n) is 2.77. The molecule has 0 saturated carbocycles. The van der Waals surface area contributed by atoms with E-state index >= 15 is 0 Å². The number of methoxy groups -OCH3 is 1. The van der Waals surface area contributed by atoms with Crippen LogP contribution < -0.4 is 0 Å². The Morgan fingerprint density at radius 3 is 2.29 bits per heavy atom. The van der Waals surface area contributed by atoms with Crippen molar-refractivity contribution in [1.29, 1.82) is 0 Å². The van der Waals surface area contributed by atoms with E-state index < -0.39 is 11.6 Å². The van der Waals surface area contributed by atoms with Gasteiger partial charge >= 0.3 is 12.1 Å². The van der Waals surface area contributed by atoms with Crippen LogP contribution in [0.1, 0.15) is 41.6 Å². The number of amides is 1. The molecule has 0 saturated heterocycles. The van der Waals surface area contributed by atoms with Crippen molar-refractivity contribution in [3.63, 3.8) is 0 Å². The summed E-state index contributed by atoms with van der Waals surface area (Å²) in [6.07, 6.45) is 2.80. The van der Waals surface area contributed by atoms with Crippen LogP contribution in [0.3, 0.4) is 0 Å². The highest BCUT2D eigenvalue weighted by molar-refractivity contribution is 7.16. The molecular formula is C23H25N3O4S. The first-order chi connectivity index (χ1) is 14.7. The zero-order valence-corrected chi connectivity index (χ0v) is 18.8. The largest absolute Gasteiger partial charge is 0.465 e. The normalized spacial score (nSPS) is 11.1. The van der Waals surface area contributed by atoms with Crippen molar-refractivity contribution in [2.45, 2.75) is 39.5 Å². The number of pyridine rings is 1. The SMILES string of the molecule is COC(=O)c1cnc(-c2ccc(CN(Cc3ccccc3)C(=O)OC(C)(C)C)cn2)s1. The van der Waals surface area contributed by atoms with Gasteiger partial charge in [0.1, 0.15) is 15.5 Å². The molecule has 0 fully saturated rings. The molecule has 3 aromatic rings. The van der Waals surface area contributed by atoms with E-state index in [4.69, 9.17) is 9.47 Å². The van der Waals surface area contributed by atoms with E-state index in [1.165, 1.54) is 24.6 Å². The third-order valence-corrected chi connectivity index (χ3v) is 5.18. The average Bonchev–Trinajstić information content (AvgIpc) is 3.23. The number of benzene rings is 1. The summed E-state index contributed by atoms with van der Waals surface area (Å²) in [7, 11) is 1.33. The molecule has 1 aromatic carbocycles. The number of carbonyl (C=O) groups excluding carboxylic acids is 2. The van der Waals surface area contributed by atoms with Crippen LogP contribution in [-0.2, 0) is 22.6 Å². The monoisotopic (exact) mass is 439 g/mol. The van der Waals surface area contributed by atoms with Gasteiger partial charge in [-0.2, -0.15) is 0 Å². The maximum atomic E-state index is 12.8. The number of ether oxygens (including phenoxy) is 2. The Labute approximate surface area is 185 Å². The molecule has 0 aliphatic carbocycles. The molecule has 2 aromatic heterocycles. The Balaban J connectivity index is 1.76. The van der Waals surface area contributed by atoms with Crippen LogP contribution in [0.15, 0.2) is 54.9 Å². The quantitative estimate of drug-likeness (QED) is 0.507. The number of thiazole rings is 1.